The molecular formula is C12H19NO3. The Morgan fingerprint density at radius 1 is 1.19 bits per heavy atom. The molecule has 1 N–H and O–H groups in total. The van der Waals surface area contributed by atoms with E-state index in [4.69, 9.17) is 5.11 Å². The zero-order valence-electron chi connectivity index (χ0n) is 9.52. The number of carboxylic acids is 1. The van der Waals surface area contributed by atoms with E-state index in [0.717, 1.165) is 45.1 Å². The predicted octanol–water partition coefficient (Wildman–Crippen LogP) is 1.64. The van der Waals surface area contributed by atoms with Crippen molar-refractivity contribution in [3.8, 4) is 0 Å². The van der Waals surface area contributed by atoms with Crippen molar-refractivity contribution in [1.29, 1.82) is 0 Å². The summed E-state index contributed by atoms with van der Waals surface area (Å²) in [6.45, 7) is 0.876. The van der Waals surface area contributed by atoms with Crippen LogP contribution < -0.4 is 0 Å². The van der Waals surface area contributed by atoms with Crippen molar-refractivity contribution in [3.05, 3.63) is 0 Å². The van der Waals surface area contributed by atoms with Crippen LogP contribution >= 0.6 is 0 Å². The molecule has 1 saturated carbocycles. The average Bonchev–Trinajstić information content (AvgIpc) is 2.30. The van der Waals surface area contributed by atoms with Crippen LogP contribution in [-0.2, 0) is 9.59 Å². The molecule has 0 radical (unpaired) electrons. The van der Waals surface area contributed by atoms with Gasteiger partial charge in [-0.05, 0) is 38.5 Å². The van der Waals surface area contributed by atoms with E-state index < -0.39 is 5.97 Å². The molecule has 1 aliphatic heterocycles. The lowest BCUT2D eigenvalue weighted by Gasteiger charge is -2.38. The minimum absolute atomic E-state index is 0.184. The van der Waals surface area contributed by atoms with E-state index in [1.807, 2.05) is 4.90 Å². The molecular weight excluding hydrogens is 206 g/mol. The Labute approximate surface area is 95.6 Å². The summed E-state index contributed by atoms with van der Waals surface area (Å²) in [5.74, 6) is -0.593. The number of hydrogen-bond donors (Lipinski definition) is 1. The maximum absolute atomic E-state index is 11.7. The molecule has 16 heavy (non-hydrogen) atoms. The molecule has 1 aliphatic carbocycles. The van der Waals surface area contributed by atoms with Gasteiger partial charge in [0.2, 0.25) is 5.91 Å². The van der Waals surface area contributed by atoms with Gasteiger partial charge in [-0.1, -0.05) is 0 Å². The summed E-state index contributed by atoms with van der Waals surface area (Å²) in [5, 5.41) is 8.91. The standard InChI is InChI=1S/C12H19NO3/c14-11-3-1-2-8-13(11)10-6-4-9(5-7-10)12(15)16/h9-10H,1-8H2,(H,15,16)/t9-,10+. The highest BCUT2D eigenvalue weighted by molar-refractivity contribution is 5.77. The van der Waals surface area contributed by atoms with Gasteiger partial charge >= 0.3 is 5.97 Å². The monoisotopic (exact) mass is 225 g/mol. The molecule has 0 aromatic heterocycles. The second-order valence-electron chi connectivity index (χ2n) is 4.89. The molecule has 2 rings (SSSR count). The van der Waals surface area contributed by atoms with Gasteiger partial charge in [0, 0.05) is 19.0 Å². The molecule has 1 amide bonds. The molecule has 0 bridgehead atoms. The van der Waals surface area contributed by atoms with E-state index in [1.54, 1.807) is 0 Å². The summed E-state index contributed by atoms with van der Waals surface area (Å²) in [5.41, 5.74) is 0. The SMILES string of the molecule is O=C1CCCCN1[C@H]1CC[C@@H](C(=O)O)CC1. The Bertz CT molecular complexity index is 282. The Balaban J connectivity index is 1.88. The lowest BCUT2D eigenvalue weighted by molar-refractivity contribution is -0.143. The number of carboxylic acid groups (broad SMARTS) is 1. The topological polar surface area (TPSA) is 57.6 Å². The summed E-state index contributed by atoms with van der Waals surface area (Å²) < 4.78 is 0. The van der Waals surface area contributed by atoms with Gasteiger partial charge in [-0.25, -0.2) is 0 Å². The third-order valence-electron chi connectivity index (χ3n) is 3.85. The van der Waals surface area contributed by atoms with Crippen LogP contribution in [0.4, 0.5) is 0 Å². The second kappa shape index (κ2) is 4.85. The van der Waals surface area contributed by atoms with Crippen molar-refractivity contribution in [2.24, 2.45) is 5.92 Å². The Morgan fingerprint density at radius 3 is 2.44 bits per heavy atom. The number of likely N-dealkylation sites (tertiary alicyclic amines) is 1. The largest absolute Gasteiger partial charge is 0.481 e. The number of piperidine rings is 1. The van der Waals surface area contributed by atoms with Gasteiger partial charge < -0.3 is 10.0 Å². The summed E-state index contributed by atoms with van der Waals surface area (Å²) in [6.07, 6.45) is 5.97. The molecule has 90 valence electrons. The van der Waals surface area contributed by atoms with Crippen LogP contribution in [0.5, 0.6) is 0 Å². The van der Waals surface area contributed by atoms with Crippen molar-refractivity contribution in [2.45, 2.75) is 51.0 Å². The smallest absolute Gasteiger partial charge is 0.306 e. The minimum Gasteiger partial charge on any atom is -0.481 e. The summed E-state index contributed by atoms with van der Waals surface area (Å²) in [7, 11) is 0. The van der Waals surface area contributed by atoms with E-state index >= 15 is 0 Å². The second-order valence-corrected chi connectivity index (χ2v) is 4.89. The first kappa shape index (κ1) is 11.4. The fourth-order valence-corrected chi connectivity index (χ4v) is 2.85. The zero-order chi connectivity index (χ0) is 11.5. The number of nitrogens with zero attached hydrogens (tertiary/aromatic N) is 1. The van der Waals surface area contributed by atoms with Crippen LogP contribution in [0.3, 0.4) is 0 Å². The first-order valence-electron chi connectivity index (χ1n) is 6.21. The van der Waals surface area contributed by atoms with Crippen LogP contribution in [0.2, 0.25) is 0 Å². The average molecular weight is 225 g/mol. The van der Waals surface area contributed by atoms with Crippen LogP contribution in [-0.4, -0.2) is 34.5 Å². The molecule has 2 aliphatic rings. The van der Waals surface area contributed by atoms with E-state index in [9.17, 15) is 9.59 Å². The highest BCUT2D eigenvalue weighted by Crippen LogP contribution is 2.29. The number of aliphatic carboxylic acids is 1. The Hall–Kier alpha value is -1.06. The molecule has 1 heterocycles. The van der Waals surface area contributed by atoms with Gasteiger partial charge in [-0.2, -0.15) is 0 Å². The number of carbonyl (C=O) groups excluding carboxylic acids is 1. The van der Waals surface area contributed by atoms with Crippen molar-refractivity contribution >= 4 is 11.9 Å². The van der Waals surface area contributed by atoms with E-state index in [0.29, 0.717) is 12.5 Å². The number of amides is 1. The number of rotatable bonds is 2. The predicted molar refractivity (Wildman–Crippen MR) is 58.9 cm³/mol. The fraction of sp³-hybridized carbons (Fsp3) is 0.833. The summed E-state index contributed by atoms with van der Waals surface area (Å²) in [6, 6.07) is 0.309. The quantitative estimate of drug-likeness (QED) is 0.777. The highest BCUT2D eigenvalue weighted by atomic mass is 16.4. The maximum Gasteiger partial charge on any atom is 0.306 e. The fourth-order valence-electron chi connectivity index (χ4n) is 2.85. The van der Waals surface area contributed by atoms with Gasteiger partial charge in [0.25, 0.3) is 0 Å². The molecule has 0 unspecified atom stereocenters. The molecule has 0 aromatic carbocycles. The van der Waals surface area contributed by atoms with E-state index in [2.05, 4.69) is 0 Å². The van der Waals surface area contributed by atoms with E-state index in [-0.39, 0.29) is 11.8 Å². The third-order valence-corrected chi connectivity index (χ3v) is 3.85. The molecule has 0 spiro atoms. The van der Waals surface area contributed by atoms with Gasteiger partial charge in [0.15, 0.2) is 0 Å². The van der Waals surface area contributed by atoms with E-state index in [1.165, 1.54) is 0 Å². The van der Waals surface area contributed by atoms with Crippen LogP contribution in [0.25, 0.3) is 0 Å². The van der Waals surface area contributed by atoms with Crippen LogP contribution in [0.1, 0.15) is 44.9 Å². The first-order valence-corrected chi connectivity index (χ1v) is 6.21. The zero-order valence-corrected chi connectivity index (χ0v) is 9.52. The van der Waals surface area contributed by atoms with Crippen molar-refractivity contribution in [2.75, 3.05) is 6.54 Å². The van der Waals surface area contributed by atoms with Crippen LogP contribution in [0.15, 0.2) is 0 Å². The Kier molecular flexibility index (Phi) is 3.46. The molecule has 0 atom stereocenters. The van der Waals surface area contributed by atoms with Crippen molar-refractivity contribution in [1.82, 2.24) is 4.90 Å². The minimum atomic E-state index is -0.677. The van der Waals surface area contributed by atoms with Gasteiger partial charge in [0.05, 0.1) is 5.92 Å². The number of carbonyl (C=O) groups is 2. The molecule has 4 heteroatoms. The highest BCUT2D eigenvalue weighted by Gasteiger charge is 2.32. The summed E-state index contributed by atoms with van der Waals surface area (Å²) >= 11 is 0. The molecule has 2 fully saturated rings. The first-order chi connectivity index (χ1) is 7.68. The third kappa shape index (κ3) is 2.36. The lowest BCUT2D eigenvalue weighted by atomic mass is 9.85. The van der Waals surface area contributed by atoms with Crippen LogP contribution in [0, 0.1) is 5.92 Å². The van der Waals surface area contributed by atoms with Gasteiger partial charge in [0.1, 0.15) is 0 Å². The lowest BCUT2D eigenvalue weighted by Crippen LogP contribution is -2.45. The maximum atomic E-state index is 11.7. The van der Waals surface area contributed by atoms with Gasteiger partial charge in [-0.3, -0.25) is 9.59 Å². The Morgan fingerprint density at radius 2 is 1.88 bits per heavy atom. The van der Waals surface area contributed by atoms with Crippen molar-refractivity contribution < 1.29 is 14.7 Å². The molecule has 1 saturated heterocycles. The van der Waals surface area contributed by atoms with Crippen molar-refractivity contribution in [3.63, 3.8) is 0 Å². The molecule has 4 nitrogen and oxygen atoms in total. The van der Waals surface area contributed by atoms with Gasteiger partial charge in [-0.15, -0.1) is 0 Å². The summed E-state index contributed by atoms with van der Waals surface area (Å²) in [4.78, 5) is 24.5. The number of hydrogen-bond acceptors (Lipinski definition) is 2. The normalized spacial score (nSPS) is 31.5. The molecule has 0 aromatic rings.